The minimum absolute atomic E-state index is 0.130. The first kappa shape index (κ1) is 14.5. The molecule has 0 bridgehead atoms. The van der Waals surface area contributed by atoms with Crippen LogP contribution >= 0.6 is 11.8 Å². The molecular weight excluding hydrogens is 252 g/mol. The standard InChI is InChI=1S/C12H16N2O3S/c1-18-6-5-10(13)11(15)14-9-4-2-3-8(7-9)12(16)17/h2-4,7,10H,5-6,13H2,1H3,(H,14,15)(H,16,17)/t10-/m1/s1. The van der Waals surface area contributed by atoms with Crippen LogP contribution in [0, 0.1) is 0 Å². The van der Waals surface area contributed by atoms with Gasteiger partial charge in [0.1, 0.15) is 0 Å². The van der Waals surface area contributed by atoms with Gasteiger partial charge in [-0.1, -0.05) is 6.07 Å². The molecule has 0 aliphatic heterocycles. The number of amides is 1. The first-order chi connectivity index (χ1) is 8.54. The maximum Gasteiger partial charge on any atom is 0.335 e. The van der Waals surface area contributed by atoms with Crippen molar-refractivity contribution < 1.29 is 14.7 Å². The summed E-state index contributed by atoms with van der Waals surface area (Å²) in [4.78, 5) is 22.5. The molecule has 0 saturated heterocycles. The Morgan fingerprint density at radius 2 is 2.22 bits per heavy atom. The Kier molecular flexibility index (Phi) is 5.67. The van der Waals surface area contributed by atoms with Gasteiger partial charge >= 0.3 is 5.97 Å². The van der Waals surface area contributed by atoms with E-state index in [4.69, 9.17) is 10.8 Å². The minimum Gasteiger partial charge on any atom is -0.478 e. The molecule has 0 radical (unpaired) electrons. The van der Waals surface area contributed by atoms with E-state index < -0.39 is 12.0 Å². The number of aromatic carboxylic acids is 1. The first-order valence-corrected chi connectivity index (χ1v) is 6.82. The van der Waals surface area contributed by atoms with Crippen LogP contribution in [-0.2, 0) is 4.79 Å². The van der Waals surface area contributed by atoms with Gasteiger partial charge in [0.25, 0.3) is 0 Å². The van der Waals surface area contributed by atoms with Crippen LogP contribution in [0.4, 0.5) is 5.69 Å². The van der Waals surface area contributed by atoms with Crippen LogP contribution in [0.1, 0.15) is 16.8 Å². The summed E-state index contributed by atoms with van der Waals surface area (Å²) in [5.41, 5.74) is 6.28. The van der Waals surface area contributed by atoms with E-state index in [1.807, 2.05) is 6.26 Å². The highest BCUT2D eigenvalue weighted by molar-refractivity contribution is 7.98. The third-order valence-corrected chi connectivity index (χ3v) is 2.99. The Bertz CT molecular complexity index is 437. The summed E-state index contributed by atoms with van der Waals surface area (Å²) in [6, 6.07) is 5.50. The molecular formula is C12H16N2O3S. The lowest BCUT2D eigenvalue weighted by Crippen LogP contribution is -2.36. The van der Waals surface area contributed by atoms with Gasteiger partial charge < -0.3 is 16.2 Å². The van der Waals surface area contributed by atoms with Crippen molar-refractivity contribution in [2.45, 2.75) is 12.5 Å². The number of thioether (sulfide) groups is 1. The molecule has 0 aromatic heterocycles. The molecule has 0 spiro atoms. The van der Waals surface area contributed by atoms with Gasteiger partial charge in [0, 0.05) is 5.69 Å². The van der Waals surface area contributed by atoms with Crippen LogP contribution < -0.4 is 11.1 Å². The highest BCUT2D eigenvalue weighted by atomic mass is 32.2. The number of nitrogens with two attached hydrogens (primary N) is 1. The lowest BCUT2D eigenvalue weighted by Gasteiger charge is -2.11. The van der Waals surface area contributed by atoms with Crippen molar-refractivity contribution in [1.29, 1.82) is 0 Å². The third kappa shape index (κ3) is 4.38. The molecule has 6 heteroatoms. The van der Waals surface area contributed by atoms with Gasteiger partial charge in [-0.05, 0) is 36.6 Å². The lowest BCUT2D eigenvalue weighted by atomic mass is 10.2. The summed E-state index contributed by atoms with van der Waals surface area (Å²) >= 11 is 1.62. The molecule has 4 N–H and O–H groups in total. The van der Waals surface area contributed by atoms with Gasteiger partial charge in [-0.25, -0.2) is 4.79 Å². The van der Waals surface area contributed by atoms with E-state index in [0.717, 1.165) is 5.75 Å². The van der Waals surface area contributed by atoms with Gasteiger partial charge in [0.05, 0.1) is 11.6 Å². The van der Waals surface area contributed by atoms with E-state index in [9.17, 15) is 9.59 Å². The number of hydrogen-bond acceptors (Lipinski definition) is 4. The molecule has 0 saturated carbocycles. The predicted octanol–water partition coefficient (Wildman–Crippen LogP) is 1.40. The van der Waals surface area contributed by atoms with Crippen LogP contribution in [0.25, 0.3) is 0 Å². The molecule has 0 unspecified atom stereocenters. The highest BCUT2D eigenvalue weighted by Gasteiger charge is 2.13. The van der Waals surface area contributed by atoms with Crippen LogP contribution in [0.15, 0.2) is 24.3 Å². The molecule has 1 amide bonds. The van der Waals surface area contributed by atoms with Crippen molar-refractivity contribution in [3.8, 4) is 0 Å². The molecule has 18 heavy (non-hydrogen) atoms. The second-order valence-corrected chi connectivity index (χ2v) is 4.75. The van der Waals surface area contributed by atoms with Gasteiger partial charge in [-0.15, -0.1) is 0 Å². The first-order valence-electron chi connectivity index (χ1n) is 5.43. The number of anilines is 1. The van der Waals surface area contributed by atoms with Crippen molar-refractivity contribution in [3.63, 3.8) is 0 Å². The zero-order chi connectivity index (χ0) is 13.5. The van der Waals surface area contributed by atoms with Crippen molar-refractivity contribution in [3.05, 3.63) is 29.8 Å². The zero-order valence-corrected chi connectivity index (χ0v) is 10.9. The fraction of sp³-hybridized carbons (Fsp3) is 0.333. The monoisotopic (exact) mass is 268 g/mol. The number of carbonyl (C=O) groups is 2. The second-order valence-electron chi connectivity index (χ2n) is 3.76. The molecule has 1 aromatic carbocycles. The lowest BCUT2D eigenvalue weighted by molar-refractivity contribution is -0.117. The summed E-state index contributed by atoms with van der Waals surface area (Å²) < 4.78 is 0. The number of benzene rings is 1. The number of rotatable bonds is 6. The number of hydrogen-bond donors (Lipinski definition) is 3. The fourth-order valence-electron chi connectivity index (χ4n) is 1.34. The molecule has 0 aliphatic carbocycles. The van der Waals surface area contributed by atoms with Crippen molar-refractivity contribution in [2.75, 3.05) is 17.3 Å². The van der Waals surface area contributed by atoms with Crippen molar-refractivity contribution >= 4 is 29.3 Å². The van der Waals surface area contributed by atoms with Gasteiger partial charge in [-0.3, -0.25) is 4.79 Å². The normalized spacial score (nSPS) is 11.9. The molecule has 1 rings (SSSR count). The van der Waals surface area contributed by atoms with E-state index in [1.54, 1.807) is 23.9 Å². The molecule has 0 heterocycles. The smallest absolute Gasteiger partial charge is 0.335 e. The Morgan fingerprint density at radius 1 is 1.50 bits per heavy atom. The number of carboxylic acid groups (broad SMARTS) is 1. The van der Waals surface area contributed by atoms with Crippen molar-refractivity contribution in [2.24, 2.45) is 5.73 Å². The highest BCUT2D eigenvalue weighted by Crippen LogP contribution is 2.11. The summed E-state index contributed by atoms with van der Waals surface area (Å²) in [5.74, 6) is -0.520. The molecule has 0 fully saturated rings. The molecule has 98 valence electrons. The largest absolute Gasteiger partial charge is 0.478 e. The van der Waals surface area contributed by atoms with E-state index in [2.05, 4.69) is 5.32 Å². The summed E-state index contributed by atoms with van der Waals surface area (Å²) in [6.07, 6.45) is 2.53. The maximum absolute atomic E-state index is 11.7. The number of nitrogens with one attached hydrogen (secondary N) is 1. The third-order valence-electron chi connectivity index (χ3n) is 2.35. The Hall–Kier alpha value is -1.53. The van der Waals surface area contributed by atoms with E-state index in [1.165, 1.54) is 12.1 Å². The Labute approximate surface area is 110 Å². The number of carboxylic acids is 1. The van der Waals surface area contributed by atoms with Gasteiger partial charge in [-0.2, -0.15) is 11.8 Å². The summed E-state index contributed by atoms with van der Waals surface area (Å²) in [6.45, 7) is 0. The minimum atomic E-state index is -1.03. The maximum atomic E-state index is 11.7. The molecule has 1 atom stereocenters. The average Bonchev–Trinajstić information content (AvgIpc) is 2.36. The van der Waals surface area contributed by atoms with Crippen LogP contribution in [-0.4, -0.2) is 35.0 Å². The average molecular weight is 268 g/mol. The molecule has 5 nitrogen and oxygen atoms in total. The molecule has 1 aromatic rings. The zero-order valence-electron chi connectivity index (χ0n) is 10.1. The quantitative estimate of drug-likeness (QED) is 0.725. The Morgan fingerprint density at radius 3 is 2.83 bits per heavy atom. The Balaban J connectivity index is 2.64. The van der Waals surface area contributed by atoms with Gasteiger partial charge in [0.15, 0.2) is 0 Å². The van der Waals surface area contributed by atoms with Crippen LogP contribution in [0.5, 0.6) is 0 Å². The van der Waals surface area contributed by atoms with E-state index >= 15 is 0 Å². The van der Waals surface area contributed by atoms with E-state index in [-0.39, 0.29) is 11.5 Å². The summed E-state index contributed by atoms with van der Waals surface area (Å²) in [7, 11) is 0. The number of carbonyl (C=O) groups excluding carboxylic acids is 1. The van der Waals surface area contributed by atoms with Crippen LogP contribution in [0.2, 0.25) is 0 Å². The second kappa shape index (κ2) is 7.03. The van der Waals surface area contributed by atoms with Crippen molar-refractivity contribution in [1.82, 2.24) is 0 Å². The van der Waals surface area contributed by atoms with E-state index in [0.29, 0.717) is 12.1 Å². The predicted molar refractivity (Wildman–Crippen MR) is 73.0 cm³/mol. The topological polar surface area (TPSA) is 92.4 Å². The fourth-order valence-corrected chi connectivity index (χ4v) is 1.83. The summed E-state index contributed by atoms with van der Waals surface area (Å²) in [5, 5.41) is 11.4. The van der Waals surface area contributed by atoms with Crippen LogP contribution in [0.3, 0.4) is 0 Å². The van der Waals surface area contributed by atoms with Gasteiger partial charge in [0.2, 0.25) is 5.91 Å². The molecule has 0 aliphatic rings. The SMILES string of the molecule is CSCC[C@@H](N)C(=O)Nc1cccc(C(=O)O)c1.